The van der Waals surface area contributed by atoms with E-state index in [4.69, 9.17) is 18.9 Å². The van der Waals surface area contributed by atoms with Crippen molar-refractivity contribution in [3.05, 3.63) is 17.7 Å². The third kappa shape index (κ3) is 2.92. The molecule has 5 heteroatoms. The quantitative estimate of drug-likeness (QED) is 0.696. The van der Waals surface area contributed by atoms with Crippen LogP contribution in [0.1, 0.15) is 17.3 Å². The highest BCUT2D eigenvalue weighted by Crippen LogP contribution is 2.39. The SMILES string of the molecule is CCOCC(=O)c1ccc(OC)c(OC)c1OC. The molecule has 100 valence electrons. The lowest BCUT2D eigenvalue weighted by Crippen LogP contribution is -2.11. The largest absolute Gasteiger partial charge is 0.493 e. The molecule has 0 aliphatic heterocycles. The van der Waals surface area contributed by atoms with Crippen LogP contribution in [0.2, 0.25) is 0 Å². The first-order chi connectivity index (χ1) is 8.69. The Kier molecular flexibility index (Phi) is 5.45. The van der Waals surface area contributed by atoms with E-state index in [9.17, 15) is 4.79 Å². The average Bonchev–Trinajstić information content (AvgIpc) is 2.42. The zero-order valence-corrected chi connectivity index (χ0v) is 11.1. The molecule has 0 aromatic heterocycles. The highest BCUT2D eigenvalue weighted by atomic mass is 16.5. The van der Waals surface area contributed by atoms with Crippen molar-refractivity contribution >= 4 is 5.78 Å². The maximum atomic E-state index is 11.9. The van der Waals surface area contributed by atoms with Crippen LogP contribution < -0.4 is 14.2 Å². The lowest BCUT2D eigenvalue weighted by Gasteiger charge is -2.15. The summed E-state index contributed by atoms with van der Waals surface area (Å²) in [5.74, 6) is 1.13. The second-order valence-corrected chi connectivity index (χ2v) is 3.44. The molecule has 0 saturated carbocycles. The number of Topliss-reactive ketones (excluding diaryl/α,β-unsaturated/α-hetero) is 1. The summed E-state index contributed by atoms with van der Waals surface area (Å²) in [5, 5.41) is 0. The van der Waals surface area contributed by atoms with Gasteiger partial charge in [0.05, 0.1) is 26.9 Å². The lowest BCUT2D eigenvalue weighted by molar-refractivity contribution is 0.0779. The molecule has 5 nitrogen and oxygen atoms in total. The normalized spacial score (nSPS) is 10.0. The van der Waals surface area contributed by atoms with Crippen molar-refractivity contribution in [3.8, 4) is 17.2 Å². The Morgan fingerprint density at radius 1 is 1.06 bits per heavy atom. The Morgan fingerprint density at radius 3 is 2.22 bits per heavy atom. The molecule has 0 amide bonds. The van der Waals surface area contributed by atoms with Gasteiger partial charge in [0.2, 0.25) is 5.75 Å². The fourth-order valence-corrected chi connectivity index (χ4v) is 1.59. The summed E-state index contributed by atoms with van der Waals surface area (Å²) >= 11 is 0. The van der Waals surface area contributed by atoms with E-state index >= 15 is 0 Å². The van der Waals surface area contributed by atoms with Crippen LogP contribution in [0, 0.1) is 0 Å². The molecule has 18 heavy (non-hydrogen) atoms. The van der Waals surface area contributed by atoms with Gasteiger partial charge in [-0.05, 0) is 19.1 Å². The highest BCUT2D eigenvalue weighted by Gasteiger charge is 2.20. The average molecular weight is 254 g/mol. The molecule has 0 saturated heterocycles. The topological polar surface area (TPSA) is 54.0 Å². The van der Waals surface area contributed by atoms with Gasteiger partial charge < -0.3 is 18.9 Å². The van der Waals surface area contributed by atoms with Crippen LogP contribution in [-0.2, 0) is 4.74 Å². The van der Waals surface area contributed by atoms with E-state index in [0.717, 1.165) is 0 Å². The van der Waals surface area contributed by atoms with Crippen molar-refractivity contribution in [2.24, 2.45) is 0 Å². The minimum Gasteiger partial charge on any atom is -0.493 e. The van der Waals surface area contributed by atoms with Crippen LogP contribution in [0.3, 0.4) is 0 Å². The van der Waals surface area contributed by atoms with Crippen molar-refractivity contribution in [3.63, 3.8) is 0 Å². The Hall–Kier alpha value is -1.75. The number of methoxy groups -OCH3 is 3. The number of hydrogen-bond donors (Lipinski definition) is 0. The molecule has 0 heterocycles. The summed E-state index contributed by atoms with van der Waals surface area (Å²) in [6.07, 6.45) is 0. The van der Waals surface area contributed by atoms with Crippen LogP contribution in [0.15, 0.2) is 12.1 Å². The smallest absolute Gasteiger partial charge is 0.204 e. The zero-order chi connectivity index (χ0) is 13.5. The minimum atomic E-state index is -0.158. The Balaban J connectivity index is 3.16. The first-order valence-electron chi connectivity index (χ1n) is 5.59. The monoisotopic (exact) mass is 254 g/mol. The summed E-state index contributed by atoms with van der Waals surface area (Å²) in [6, 6.07) is 3.31. The van der Waals surface area contributed by atoms with Gasteiger partial charge in [-0.1, -0.05) is 0 Å². The number of ketones is 1. The van der Waals surface area contributed by atoms with Crippen molar-refractivity contribution in [1.29, 1.82) is 0 Å². The standard InChI is InChI=1S/C13H18O5/c1-5-18-8-10(14)9-6-7-11(15-2)13(17-4)12(9)16-3/h6-7H,5,8H2,1-4H3. The van der Waals surface area contributed by atoms with Gasteiger partial charge in [-0.3, -0.25) is 4.79 Å². The maximum Gasteiger partial charge on any atom is 0.204 e. The molecule has 0 N–H and O–H groups in total. The van der Waals surface area contributed by atoms with Crippen LogP contribution in [0.4, 0.5) is 0 Å². The van der Waals surface area contributed by atoms with Gasteiger partial charge in [0.15, 0.2) is 17.3 Å². The molecule has 0 atom stereocenters. The molecule has 0 bridgehead atoms. The number of hydrogen-bond acceptors (Lipinski definition) is 5. The van der Waals surface area contributed by atoms with Gasteiger partial charge >= 0.3 is 0 Å². The molecule has 1 aromatic carbocycles. The third-order valence-corrected chi connectivity index (χ3v) is 2.44. The molecular formula is C13H18O5. The second-order valence-electron chi connectivity index (χ2n) is 3.44. The number of carbonyl (C=O) groups is 1. The van der Waals surface area contributed by atoms with Gasteiger partial charge in [0.1, 0.15) is 6.61 Å². The van der Waals surface area contributed by atoms with Crippen LogP contribution >= 0.6 is 0 Å². The van der Waals surface area contributed by atoms with Gasteiger partial charge in [-0.15, -0.1) is 0 Å². The fraction of sp³-hybridized carbons (Fsp3) is 0.462. The van der Waals surface area contributed by atoms with Gasteiger partial charge in [-0.2, -0.15) is 0 Å². The van der Waals surface area contributed by atoms with E-state index in [0.29, 0.717) is 29.4 Å². The zero-order valence-electron chi connectivity index (χ0n) is 11.1. The van der Waals surface area contributed by atoms with Crippen LogP contribution in [0.5, 0.6) is 17.2 Å². The summed E-state index contributed by atoms with van der Waals surface area (Å²) < 4.78 is 20.7. The minimum absolute atomic E-state index is 0.0162. The van der Waals surface area contributed by atoms with Gasteiger partial charge in [0.25, 0.3) is 0 Å². The molecule has 0 aliphatic carbocycles. The molecule has 0 fully saturated rings. The number of benzene rings is 1. The third-order valence-electron chi connectivity index (χ3n) is 2.44. The lowest BCUT2D eigenvalue weighted by atomic mass is 10.1. The molecule has 0 spiro atoms. The van der Waals surface area contributed by atoms with E-state index in [-0.39, 0.29) is 12.4 Å². The van der Waals surface area contributed by atoms with Crippen molar-refractivity contribution in [2.75, 3.05) is 34.5 Å². The fourth-order valence-electron chi connectivity index (χ4n) is 1.59. The number of rotatable bonds is 7. The molecular weight excluding hydrogens is 236 g/mol. The summed E-state index contributed by atoms with van der Waals surface area (Å²) in [6.45, 7) is 2.34. The molecule has 1 aromatic rings. The number of ether oxygens (including phenoxy) is 4. The first kappa shape index (κ1) is 14.3. The molecule has 0 unspecified atom stereocenters. The molecule has 1 rings (SSSR count). The van der Waals surface area contributed by atoms with E-state index < -0.39 is 0 Å². The Labute approximate surface area is 107 Å². The predicted molar refractivity (Wildman–Crippen MR) is 66.9 cm³/mol. The summed E-state index contributed by atoms with van der Waals surface area (Å²) in [7, 11) is 4.50. The van der Waals surface area contributed by atoms with Crippen molar-refractivity contribution in [1.82, 2.24) is 0 Å². The summed E-state index contributed by atoms with van der Waals surface area (Å²) in [5.41, 5.74) is 0.420. The van der Waals surface area contributed by atoms with Crippen LogP contribution in [0.25, 0.3) is 0 Å². The molecule has 0 radical (unpaired) electrons. The van der Waals surface area contributed by atoms with Crippen LogP contribution in [-0.4, -0.2) is 40.3 Å². The highest BCUT2D eigenvalue weighted by molar-refractivity contribution is 6.00. The van der Waals surface area contributed by atoms with E-state index in [2.05, 4.69) is 0 Å². The molecule has 0 aliphatic rings. The van der Waals surface area contributed by atoms with E-state index in [1.807, 2.05) is 6.92 Å². The second kappa shape index (κ2) is 6.86. The van der Waals surface area contributed by atoms with Gasteiger partial charge in [-0.25, -0.2) is 0 Å². The predicted octanol–water partition coefficient (Wildman–Crippen LogP) is 1.93. The van der Waals surface area contributed by atoms with Gasteiger partial charge in [0, 0.05) is 6.61 Å². The maximum absolute atomic E-state index is 11.9. The van der Waals surface area contributed by atoms with E-state index in [1.165, 1.54) is 21.3 Å². The van der Waals surface area contributed by atoms with Crippen molar-refractivity contribution < 1.29 is 23.7 Å². The Morgan fingerprint density at radius 2 is 1.72 bits per heavy atom. The Bertz CT molecular complexity index is 414. The summed E-state index contributed by atoms with van der Waals surface area (Å²) in [4.78, 5) is 11.9. The number of carbonyl (C=O) groups excluding carboxylic acids is 1. The first-order valence-corrected chi connectivity index (χ1v) is 5.59. The van der Waals surface area contributed by atoms with E-state index in [1.54, 1.807) is 12.1 Å². The van der Waals surface area contributed by atoms with Crippen molar-refractivity contribution in [2.45, 2.75) is 6.92 Å².